The van der Waals surface area contributed by atoms with Crippen molar-refractivity contribution in [2.45, 2.75) is 6.42 Å². The number of benzene rings is 3. The maximum atomic E-state index is 11.5. The van der Waals surface area contributed by atoms with Crippen molar-refractivity contribution in [1.82, 2.24) is 9.78 Å². The molecule has 0 saturated heterocycles. The first-order chi connectivity index (χ1) is 12.2. The Morgan fingerprint density at radius 3 is 2.40 bits per heavy atom. The third-order valence-corrected chi connectivity index (χ3v) is 4.20. The minimum absolute atomic E-state index is 0.162. The van der Waals surface area contributed by atoms with Crippen LogP contribution in [0.15, 0.2) is 79.0 Å². The van der Waals surface area contributed by atoms with Gasteiger partial charge in [0.25, 0.3) is 0 Å². The second kappa shape index (κ2) is 6.24. The zero-order valence-electron chi connectivity index (χ0n) is 13.6. The Balaban J connectivity index is 1.86. The van der Waals surface area contributed by atoms with Gasteiger partial charge in [0.1, 0.15) is 0 Å². The number of carbonyl (C=O) groups is 1. The van der Waals surface area contributed by atoms with E-state index in [0.717, 1.165) is 27.9 Å². The van der Waals surface area contributed by atoms with Crippen molar-refractivity contribution in [2.75, 3.05) is 0 Å². The van der Waals surface area contributed by atoms with Crippen LogP contribution >= 0.6 is 0 Å². The third kappa shape index (κ3) is 3.02. The maximum absolute atomic E-state index is 11.5. The van der Waals surface area contributed by atoms with Crippen molar-refractivity contribution in [3.05, 3.63) is 84.6 Å². The molecule has 0 aliphatic carbocycles. The summed E-state index contributed by atoms with van der Waals surface area (Å²) in [5, 5.41) is 7.03. The van der Waals surface area contributed by atoms with Crippen LogP contribution in [0.5, 0.6) is 0 Å². The monoisotopic (exact) mass is 327 g/mol. The molecule has 0 aliphatic heterocycles. The number of fused-ring (bicyclic) bond motifs is 1. The second-order valence-corrected chi connectivity index (χ2v) is 5.99. The van der Waals surface area contributed by atoms with Crippen molar-refractivity contribution >= 4 is 16.7 Å². The Morgan fingerprint density at radius 1 is 0.920 bits per heavy atom. The minimum Gasteiger partial charge on any atom is -0.369 e. The van der Waals surface area contributed by atoms with E-state index in [1.807, 2.05) is 54.7 Å². The van der Waals surface area contributed by atoms with E-state index in [1.54, 1.807) is 4.68 Å². The molecule has 0 saturated carbocycles. The molecule has 3 aromatic carbocycles. The Morgan fingerprint density at radius 2 is 1.64 bits per heavy atom. The van der Waals surface area contributed by atoms with E-state index >= 15 is 0 Å². The first-order valence-corrected chi connectivity index (χ1v) is 8.12. The number of nitrogens with two attached hydrogens (primary N) is 1. The normalized spacial score (nSPS) is 10.9. The topological polar surface area (TPSA) is 60.9 Å². The molecule has 1 amide bonds. The molecule has 4 nitrogen and oxygen atoms in total. The Labute approximate surface area is 145 Å². The first kappa shape index (κ1) is 15.1. The van der Waals surface area contributed by atoms with E-state index in [2.05, 4.69) is 24.3 Å². The van der Waals surface area contributed by atoms with Crippen molar-refractivity contribution < 1.29 is 4.79 Å². The van der Waals surface area contributed by atoms with E-state index in [4.69, 9.17) is 10.8 Å². The molecule has 0 bridgehead atoms. The molecular formula is C21H17N3O. The second-order valence-electron chi connectivity index (χ2n) is 5.99. The van der Waals surface area contributed by atoms with Gasteiger partial charge in [-0.05, 0) is 29.0 Å². The van der Waals surface area contributed by atoms with Crippen molar-refractivity contribution in [2.24, 2.45) is 5.73 Å². The molecule has 4 rings (SSSR count). The quantitative estimate of drug-likeness (QED) is 0.621. The molecule has 2 N–H and O–H groups in total. The molecule has 0 aliphatic rings. The standard InChI is InChI=1S/C21H17N3O/c22-20(25)13-18-14-24(19-8-2-1-3-9-19)23-21(18)17-11-10-15-6-4-5-7-16(15)12-17/h1-12,14H,13H2,(H2,22,25). The summed E-state index contributed by atoms with van der Waals surface area (Å²) in [5.74, 6) is -0.366. The van der Waals surface area contributed by atoms with Crippen LogP contribution in [0, 0.1) is 0 Å². The summed E-state index contributed by atoms with van der Waals surface area (Å²) in [6, 6.07) is 24.2. The summed E-state index contributed by atoms with van der Waals surface area (Å²) >= 11 is 0. The lowest BCUT2D eigenvalue weighted by Crippen LogP contribution is -2.13. The number of aromatic nitrogens is 2. The number of rotatable bonds is 4. The highest BCUT2D eigenvalue weighted by Gasteiger charge is 2.14. The van der Waals surface area contributed by atoms with Gasteiger partial charge in [-0.3, -0.25) is 4.79 Å². The molecule has 4 heteroatoms. The van der Waals surface area contributed by atoms with Gasteiger partial charge in [-0.15, -0.1) is 0 Å². The summed E-state index contributed by atoms with van der Waals surface area (Å²) in [6.07, 6.45) is 2.04. The highest BCUT2D eigenvalue weighted by atomic mass is 16.1. The molecule has 25 heavy (non-hydrogen) atoms. The number of primary amides is 1. The average molecular weight is 327 g/mol. The van der Waals surface area contributed by atoms with Gasteiger partial charge in [0.15, 0.2) is 0 Å². The van der Waals surface area contributed by atoms with Crippen molar-refractivity contribution in [3.63, 3.8) is 0 Å². The fourth-order valence-electron chi connectivity index (χ4n) is 3.02. The van der Waals surface area contributed by atoms with E-state index in [0.29, 0.717) is 0 Å². The van der Waals surface area contributed by atoms with Crippen LogP contribution < -0.4 is 5.73 Å². The molecule has 4 aromatic rings. The van der Waals surface area contributed by atoms with Gasteiger partial charge in [0.05, 0.1) is 17.8 Å². The van der Waals surface area contributed by atoms with Crippen LogP contribution in [0.1, 0.15) is 5.56 Å². The molecule has 0 atom stereocenters. The molecule has 0 fully saturated rings. The van der Waals surface area contributed by atoms with Crippen molar-refractivity contribution in [1.29, 1.82) is 0 Å². The Hall–Kier alpha value is -3.40. The smallest absolute Gasteiger partial charge is 0.221 e. The number of carbonyl (C=O) groups excluding carboxylic acids is 1. The van der Waals surface area contributed by atoms with E-state index in [1.165, 1.54) is 5.39 Å². The number of hydrogen-bond acceptors (Lipinski definition) is 2. The van der Waals surface area contributed by atoms with Gasteiger partial charge in [-0.2, -0.15) is 5.10 Å². The third-order valence-electron chi connectivity index (χ3n) is 4.20. The molecule has 1 heterocycles. The maximum Gasteiger partial charge on any atom is 0.221 e. The summed E-state index contributed by atoms with van der Waals surface area (Å²) in [6.45, 7) is 0. The lowest BCUT2D eigenvalue weighted by atomic mass is 10.0. The minimum atomic E-state index is -0.366. The summed E-state index contributed by atoms with van der Waals surface area (Å²) < 4.78 is 1.79. The lowest BCUT2D eigenvalue weighted by molar-refractivity contribution is -0.117. The largest absolute Gasteiger partial charge is 0.369 e. The molecule has 0 spiro atoms. The van der Waals surface area contributed by atoms with Gasteiger partial charge in [-0.25, -0.2) is 4.68 Å². The average Bonchev–Trinajstić information content (AvgIpc) is 3.05. The summed E-state index contributed by atoms with van der Waals surface area (Å²) in [7, 11) is 0. The summed E-state index contributed by atoms with van der Waals surface area (Å²) in [4.78, 5) is 11.5. The number of hydrogen-bond donors (Lipinski definition) is 1. The highest BCUT2D eigenvalue weighted by Crippen LogP contribution is 2.27. The van der Waals surface area contributed by atoms with Crippen LogP contribution in [0.25, 0.3) is 27.7 Å². The first-order valence-electron chi connectivity index (χ1n) is 8.12. The Kier molecular flexibility index (Phi) is 3.78. The SMILES string of the molecule is NC(=O)Cc1cn(-c2ccccc2)nc1-c1ccc2ccccc2c1. The highest BCUT2D eigenvalue weighted by molar-refractivity contribution is 5.88. The van der Waals surface area contributed by atoms with E-state index in [-0.39, 0.29) is 12.3 Å². The number of amides is 1. The van der Waals surface area contributed by atoms with Crippen LogP contribution in [-0.2, 0) is 11.2 Å². The lowest BCUT2D eigenvalue weighted by Gasteiger charge is -2.04. The predicted octanol–water partition coefficient (Wildman–Crippen LogP) is 3.72. The van der Waals surface area contributed by atoms with E-state index < -0.39 is 0 Å². The Bertz CT molecular complexity index is 1050. The fourth-order valence-corrected chi connectivity index (χ4v) is 3.02. The predicted molar refractivity (Wildman–Crippen MR) is 99.4 cm³/mol. The van der Waals surface area contributed by atoms with Gasteiger partial charge < -0.3 is 5.73 Å². The van der Waals surface area contributed by atoms with E-state index in [9.17, 15) is 4.79 Å². The van der Waals surface area contributed by atoms with Gasteiger partial charge in [0.2, 0.25) is 5.91 Å². The van der Waals surface area contributed by atoms with Crippen LogP contribution in [0.3, 0.4) is 0 Å². The van der Waals surface area contributed by atoms with Crippen LogP contribution in [-0.4, -0.2) is 15.7 Å². The molecular weight excluding hydrogens is 310 g/mol. The molecule has 0 radical (unpaired) electrons. The summed E-state index contributed by atoms with van der Waals surface area (Å²) in [5.41, 5.74) is 8.97. The van der Waals surface area contributed by atoms with Crippen LogP contribution in [0.4, 0.5) is 0 Å². The van der Waals surface area contributed by atoms with Crippen LogP contribution in [0.2, 0.25) is 0 Å². The molecule has 122 valence electrons. The number of nitrogens with zero attached hydrogens (tertiary/aromatic N) is 2. The van der Waals surface area contributed by atoms with Gasteiger partial charge >= 0.3 is 0 Å². The zero-order valence-corrected chi connectivity index (χ0v) is 13.6. The molecule has 0 unspecified atom stereocenters. The fraction of sp³-hybridized carbons (Fsp3) is 0.0476. The van der Waals surface area contributed by atoms with Crippen molar-refractivity contribution in [3.8, 4) is 16.9 Å². The van der Waals surface area contributed by atoms with Gasteiger partial charge in [0, 0.05) is 17.3 Å². The molecule has 1 aromatic heterocycles. The van der Waals surface area contributed by atoms with Gasteiger partial charge in [-0.1, -0.05) is 54.6 Å². The number of para-hydroxylation sites is 1. The zero-order chi connectivity index (χ0) is 17.2.